The molecule has 0 aliphatic carbocycles. The SMILES string of the molecule is CC(C)CNS(=O)(=O)c1cccc2c1CCNC2. The molecule has 5 heteroatoms. The van der Waals surface area contributed by atoms with Gasteiger partial charge in [-0.05, 0) is 36.1 Å². The Bertz CT molecular complexity index is 524. The third-order valence-corrected chi connectivity index (χ3v) is 4.58. The summed E-state index contributed by atoms with van der Waals surface area (Å²) in [5.74, 6) is 0.306. The molecule has 0 atom stereocenters. The standard InChI is InChI=1S/C13H20N2O2S/c1-10(2)8-15-18(16,17)13-5-3-4-11-9-14-7-6-12(11)13/h3-5,10,14-15H,6-9H2,1-2H3. The highest BCUT2D eigenvalue weighted by molar-refractivity contribution is 7.89. The van der Waals surface area contributed by atoms with Crippen LogP contribution in [-0.2, 0) is 23.0 Å². The van der Waals surface area contributed by atoms with E-state index < -0.39 is 10.0 Å². The lowest BCUT2D eigenvalue weighted by Crippen LogP contribution is -2.31. The molecule has 0 bridgehead atoms. The van der Waals surface area contributed by atoms with Crippen LogP contribution in [0.2, 0.25) is 0 Å². The van der Waals surface area contributed by atoms with Crippen molar-refractivity contribution in [1.29, 1.82) is 0 Å². The quantitative estimate of drug-likeness (QED) is 0.864. The third kappa shape index (κ3) is 2.91. The van der Waals surface area contributed by atoms with Gasteiger partial charge in [-0.1, -0.05) is 26.0 Å². The van der Waals surface area contributed by atoms with Gasteiger partial charge in [0.05, 0.1) is 4.90 Å². The van der Waals surface area contributed by atoms with E-state index in [-0.39, 0.29) is 0 Å². The zero-order chi connectivity index (χ0) is 13.2. The second-order valence-corrected chi connectivity index (χ2v) is 6.80. The van der Waals surface area contributed by atoms with Crippen LogP contribution >= 0.6 is 0 Å². The Morgan fingerprint density at radius 3 is 2.89 bits per heavy atom. The van der Waals surface area contributed by atoms with Crippen LogP contribution in [0.1, 0.15) is 25.0 Å². The van der Waals surface area contributed by atoms with Gasteiger partial charge in [-0.25, -0.2) is 13.1 Å². The minimum Gasteiger partial charge on any atom is -0.312 e. The highest BCUT2D eigenvalue weighted by Gasteiger charge is 2.21. The van der Waals surface area contributed by atoms with Crippen molar-refractivity contribution in [3.05, 3.63) is 29.3 Å². The Morgan fingerprint density at radius 1 is 1.39 bits per heavy atom. The summed E-state index contributed by atoms with van der Waals surface area (Å²) in [4.78, 5) is 0.446. The largest absolute Gasteiger partial charge is 0.312 e. The minimum absolute atomic E-state index is 0.306. The fourth-order valence-electron chi connectivity index (χ4n) is 2.10. The Hall–Kier alpha value is -0.910. The Balaban J connectivity index is 2.33. The summed E-state index contributed by atoms with van der Waals surface area (Å²) in [6.45, 7) is 6.05. The number of rotatable bonds is 4. The van der Waals surface area contributed by atoms with Gasteiger partial charge in [-0.15, -0.1) is 0 Å². The molecule has 0 unspecified atom stereocenters. The molecular weight excluding hydrogens is 248 g/mol. The molecular formula is C13H20N2O2S. The molecule has 1 aromatic rings. The minimum atomic E-state index is -3.37. The van der Waals surface area contributed by atoms with Crippen LogP contribution < -0.4 is 10.0 Å². The van der Waals surface area contributed by atoms with E-state index in [0.29, 0.717) is 17.4 Å². The monoisotopic (exact) mass is 268 g/mol. The first kappa shape index (κ1) is 13.5. The summed E-state index contributed by atoms with van der Waals surface area (Å²) in [5.41, 5.74) is 2.06. The van der Waals surface area contributed by atoms with E-state index in [4.69, 9.17) is 0 Å². The van der Waals surface area contributed by atoms with Gasteiger partial charge in [0.1, 0.15) is 0 Å². The van der Waals surface area contributed by atoms with Crippen molar-refractivity contribution >= 4 is 10.0 Å². The Labute approximate surface area is 109 Å². The lowest BCUT2D eigenvalue weighted by Gasteiger charge is -2.20. The number of benzene rings is 1. The van der Waals surface area contributed by atoms with E-state index in [2.05, 4.69) is 10.0 Å². The maximum Gasteiger partial charge on any atom is 0.240 e. The molecule has 2 rings (SSSR count). The highest BCUT2D eigenvalue weighted by atomic mass is 32.2. The second-order valence-electron chi connectivity index (χ2n) is 5.07. The molecule has 1 aliphatic rings. The zero-order valence-electron chi connectivity index (χ0n) is 10.9. The molecule has 100 valence electrons. The lowest BCUT2D eigenvalue weighted by molar-refractivity contribution is 0.556. The molecule has 0 fully saturated rings. The van der Waals surface area contributed by atoms with E-state index in [1.165, 1.54) is 0 Å². The fraction of sp³-hybridized carbons (Fsp3) is 0.538. The van der Waals surface area contributed by atoms with Crippen molar-refractivity contribution in [3.8, 4) is 0 Å². The summed E-state index contributed by atoms with van der Waals surface area (Å²) in [6, 6.07) is 5.51. The van der Waals surface area contributed by atoms with Gasteiger partial charge in [0.15, 0.2) is 0 Å². The van der Waals surface area contributed by atoms with Gasteiger partial charge < -0.3 is 5.32 Å². The van der Waals surface area contributed by atoms with E-state index in [9.17, 15) is 8.42 Å². The summed E-state index contributed by atoms with van der Waals surface area (Å²) < 4.78 is 27.2. The molecule has 0 aromatic heterocycles. The number of nitrogens with one attached hydrogen (secondary N) is 2. The number of hydrogen-bond donors (Lipinski definition) is 2. The summed E-state index contributed by atoms with van der Waals surface area (Å²) >= 11 is 0. The van der Waals surface area contributed by atoms with Crippen LogP contribution in [0.15, 0.2) is 23.1 Å². The first-order valence-corrected chi connectivity index (χ1v) is 7.80. The van der Waals surface area contributed by atoms with Crippen LogP contribution in [0.3, 0.4) is 0 Å². The normalized spacial score (nSPS) is 15.7. The maximum atomic E-state index is 12.3. The van der Waals surface area contributed by atoms with Crippen molar-refractivity contribution in [2.75, 3.05) is 13.1 Å². The lowest BCUT2D eigenvalue weighted by atomic mass is 10.0. The summed E-state index contributed by atoms with van der Waals surface area (Å²) in [6.07, 6.45) is 0.772. The number of hydrogen-bond acceptors (Lipinski definition) is 3. The predicted octanol–water partition coefficient (Wildman–Crippen LogP) is 1.27. The van der Waals surface area contributed by atoms with Crippen LogP contribution in [0.25, 0.3) is 0 Å². The maximum absolute atomic E-state index is 12.3. The predicted molar refractivity (Wildman–Crippen MR) is 71.9 cm³/mol. The van der Waals surface area contributed by atoms with Crippen LogP contribution in [-0.4, -0.2) is 21.5 Å². The summed E-state index contributed by atoms with van der Waals surface area (Å²) in [7, 11) is -3.37. The number of sulfonamides is 1. The zero-order valence-corrected chi connectivity index (χ0v) is 11.7. The van der Waals surface area contributed by atoms with Gasteiger partial charge in [-0.3, -0.25) is 0 Å². The van der Waals surface area contributed by atoms with E-state index in [1.54, 1.807) is 6.07 Å². The van der Waals surface area contributed by atoms with Crippen molar-refractivity contribution in [3.63, 3.8) is 0 Å². The first-order valence-electron chi connectivity index (χ1n) is 6.32. The van der Waals surface area contributed by atoms with Crippen LogP contribution in [0, 0.1) is 5.92 Å². The average molecular weight is 268 g/mol. The molecule has 0 spiro atoms. The third-order valence-electron chi connectivity index (χ3n) is 3.07. The molecule has 0 saturated carbocycles. The molecule has 1 aliphatic heterocycles. The molecule has 0 radical (unpaired) electrons. The first-order chi connectivity index (χ1) is 8.50. The molecule has 18 heavy (non-hydrogen) atoms. The average Bonchev–Trinajstić information content (AvgIpc) is 2.36. The number of fused-ring (bicyclic) bond motifs is 1. The smallest absolute Gasteiger partial charge is 0.240 e. The van der Waals surface area contributed by atoms with Gasteiger partial charge >= 0.3 is 0 Å². The van der Waals surface area contributed by atoms with E-state index in [1.807, 2.05) is 26.0 Å². The molecule has 1 aromatic carbocycles. The molecule has 1 heterocycles. The van der Waals surface area contributed by atoms with E-state index >= 15 is 0 Å². The van der Waals surface area contributed by atoms with Gasteiger partial charge in [0.25, 0.3) is 0 Å². The Morgan fingerprint density at radius 2 is 2.17 bits per heavy atom. The van der Waals surface area contributed by atoms with Gasteiger partial charge in [0, 0.05) is 13.1 Å². The second kappa shape index (κ2) is 5.38. The summed E-state index contributed by atoms with van der Waals surface area (Å²) in [5, 5.41) is 3.25. The Kier molecular flexibility index (Phi) is 4.04. The fourth-order valence-corrected chi connectivity index (χ4v) is 3.63. The molecule has 2 N–H and O–H groups in total. The molecule has 0 saturated heterocycles. The van der Waals surface area contributed by atoms with Gasteiger partial charge in [-0.2, -0.15) is 0 Å². The van der Waals surface area contributed by atoms with Crippen LogP contribution in [0.5, 0.6) is 0 Å². The van der Waals surface area contributed by atoms with Crippen molar-refractivity contribution in [1.82, 2.24) is 10.0 Å². The van der Waals surface area contributed by atoms with E-state index in [0.717, 1.165) is 30.6 Å². The van der Waals surface area contributed by atoms with Crippen molar-refractivity contribution < 1.29 is 8.42 Å². The van der Waals surface area contributed by atoms with Gasteiger partial charge in [0.2, 0.25) is 10.0 Å². The van der Waals surface area contributed by atoms with Crippen molar-refractivity contribution in [2.24, 2.45) is 5.92 Å². The van der Waals surface area contributed by atoms with Crippen LogP contribution in [0.4, 0.5) is 0 Å². The van der Waals surface area contributed by atoms with Crippen molar-refractivity contribution in [2.45, 2.75) is 31.7 Å². The topological polar surface area (TPSA) is 58.2 Å². The highest BCUT2D eigenvalue weighted by Crippen LogP contribution is 2.22. The molecule has 0 amide bonds. The molecule has 4 nitrogen and oxygen atoms in total.